The van der Waals surface area contributed by atoms with Gasteiger partial charge in [-0.05, 0) is 43.0 Å². The number of fused-ring (bicyclic) bond motifs is 1. The minimum atomic E-state index is -0.203. The summed E-state index contributed by atoms with van der Waals surface area (Å²) >= 11 is 5.68. The molecule has 0 spiro atoms. The van der Waals surface area contributed by atoms with Crippen molar-refractivity contribution in [2.75, 3.05) is 5.01 Å². The van der Waals surface area contributed by atoms with Gasteiger partial charge in [-0.2, -0.15) is 5.01 Å². The molecule has 5 nitrogen and oxygen atoms in total. The molecular formula is C22H31N3O2S. The number of pyridine rings is 2. The number of hydrogen-bond donors (Lipinski definition) is 0. The molecule has 2 amide bonds. The smallest absolute Gasteiger partial charge is 0.248 e. The van der Waals surface area contributed by atoms with Gasteiger partial charge in [0.05, 0.1) is 0 Å². The Balaban J connectivity index is 2.55. The van der Waals surface area contributed by atoms with Crippen LogP contribution in [0.4, 0.5) is 0 Å². The van der Waals surface area contributed by atoms with Gasteiger partial charge in [-0.25, -0.2) is 9.66 Å². The monoisotopic (exact) mass is 401 g/mol. The average molecular weight is 402 g/mol. The van der Waals surface area contributed by atoms with Crippen LogP contribution in [0.5, 0.6) is 0 Å². The Kier molecular flexibility index (Phi) is 8.77. The van der Waals surface area contributed by atoms with E-state index in [-0.39, 0.29) is 11.8 Å². The van der Waals surface area contributed by atoms with Gasteiger partial charge < -0.3 is 0 Å². The van der Waals surface area contributed by atoms with E-state index >= 15 is 0 Å². The second-order valence-electron chi connectivity index (χ2n) is 7.07. The molecule has 0 saturated heterocycles. The van der Waals surface area contributed by atoms with E-state index in [1.54, 1.807) is 10.9 Å². The van der Waals surface area contributed by atoms with E-state index in [0.717, 1.165) is 55.9 Å². The van der Waals surface area contributed by atoms with Gasteiger partial charge in [-0.1, -0.05) is 58.7 Å². The minimum Gasteiger partial charge on any atom is -0.273 e. The molecule has 2 heterocycles. The van der Waals surface area contributed by atoms with Crippen LogP contribution in [0.15, 0.2) is 24.4 Å². The quantitative estimate of drug-likeness (QED) is 0.391. The van der Waals surface area contributed by atoms with Gasteiger partial charge in [-0.15, -0.1) is 0 Å². The topological polar surface area (TPSA) is 55.2 Å². The van der Waals surface area contributed by atoms with E-state index in [0.29, 0.717) is 23.1 Å². The third kappa shape index (κ3) is 5.25. The summed E-state index contributed by atoms with van der Waals surface area (Å²) in [5.74, 6) is -0.405. The molecule has 0 fully saturated rings. The minimum absolute atomic E-state index is 0.203. The zero-order valence-electron chi connectivity index (χ0n) is 17.2. The molecular weight excluding hydrogens is 370 g/mol. The Morgan fingerprint density at radius 2 is 1.64 bits per heavy atom. The summed E-state index contributed by atoms with van der Waals surface area (Å²) in [6, 6.07) is 5.79. The maximum Gasteiger partial charge on any atom is 0.248 e. The Bertz CT molecular complexity index is 854. The molecule has 0 bridgehead atoms. The van der Waals surface area contributed by atoms with Gasteiger partial charge in [0, 0.05) is 24.4 Å². The molecule has 2 aromatic heterocycles. The third-order valence-electron chi connectivity index (χ3n) is 4.86. The highest BCUT2D eigenvalue weighted by molar-refractivity contribution is 7.71. The number of imide groups is 1. The Morgan fingerprint density at radius 3 is 2.18 bits per heavy atom. The molecule has 0 aliphatic heterocycles. The van der Waals surface area contributed by atoms with Crippen LogP contribution >= 0.6 is 12.2 Å². The van der Waals surface area contributed by atoms with Crippen LogP contribution in [-0.4, -0.2) is 21.5 Å². The zero-order valence-corrected chi connectivity index (χ0v) is 18.1. The van der Waals surface area contributed by atoms with Crippen molar-refractivity contribution in [2.24, 2.45) is 0 Å². The molecule has 152 valence electrons. The summed E-state index contributed by atoms with van der Waals surface area (Å²) < 4.78 is 2.06. The van der Waals surface area contributed by atoms with Crippen LogP contribution in [0.3, 0.4) is 0 Å². The Morgan fingerprint density at radius 1 is 1.04 bits per heavy atom. The fraction of sp³-hybridized carbons (Fsp3) is 0.545. The lowest BCUT2D eigenvalue weighted by atomic mass is 10.1. The Labute approximate surface area is 172 Å². The number of aromatic nitrogens is 2. The SMILES string of the molecule is CCCCCC(=O)N(C(=O)CCCCC)n1c(=S)c(CC)cc2cccnc21. The second kappa shape index (κ2) is 11.1. The van der Waals surface area contributed by atoms with Crippen molar-refractivity contribution in [1.82, 2.24) is 9.66 Å². The fourth-order valence-corrected chi connectivity index (χ4v) is 3.62. The van der Waals surface area contributed by atoms with Crippen LogP contribution in [0.1, 0.15) is 77.7 Å². The van der Waals surface area contributed by atoms with Crippen LogP contribution in [0, 0.1) is 4.64 Å². The predicted octanol–water partition coefficient (Wildman–Crippen LogP) is 5.48. The van der Waals surface area contributed by atoms with E-state index in [9.17, 15) is 9.59 Å². The van der Waals surface area contributed by atoms with E-state index in [1.165, 1.54) is 5.01 Å². The van der Waals surface area contributed by atoms with E-state index in [4.69, 9.17) is 12.2 Å². The number of amides is 2. The van der Waals surface area contributed by atoms with Gasteiger partial charge in [0.2, 0.25) is 11.8 Å². The van der Waals surface area contributed by atoms with Crippen molar-refractivity contribution in [1.29, 1.82) is 0 Å². The molecule has 28 heavy (non-hydrogen) atoms. The normalized spacial score (nSPS) is 11.0. The first-order valence-electron chi connectivity index (χ1n) is 10.4. The molecule has 2 rings (SSSR count). The van der Waals surface area contributed by atoms with Crippen molar-refractivity contribution in [3.63, 3.8) is 0 Å². The van der Waals surface area contributed by atoms with E-state index in [1.807, 2.05) is 25.1 Å². The maximum atomic E-state index is 13.1. The van der Waals surface area contributed by atoms with Crippen LogP contribution in [0.25, 0.3) is 11.0 Å². The standard InChI is InChI=1S/C22H31N3O2S/c1-4-7-9-13-19(26)24(20(27)14-10-8-5-2)25-21-18(12-11-15-23-21)16-17(6-3)22(25)28/h11-12,15-16H,4-10,13-14H2,1-3H3. The van der Waals surface area contributed by atoms with Gasteiger partial charge in [0.25, 0.3) is 0 Å². The van der Waals surface area contributed by atoms with E-state index < -0.39 is 0 Å². The highest BCUT2D eigenvalue weighted by Crippen LogP contribution is 2.19. The number of nitrogens with zero attached hydrogens (tertiary/aromatic N) is 3. The number of carbonyl (C=O) groups is 2. The van der Waals surface area contributed by atoms with Crippen molar-refractivity contribution >= 4 is 35.1 Å². The number of rotatable bonds is 10. The molecule has 0 aliphatic carbocycles. The lowest BCUT2D eigenvalue weighted by Gasteiger charge is -2.25. The number of aryl methyl sites for hydroxylation is 1. The van der Waals surface area contributed by atoms with E-state index in [2.05, 4.69) is 18.8 Å². The van der Waals surface area contributed by atoms with Crippen molar-refractivity contribution in [3.8, 4) is 0 Å². The van der Waals surface area contributed by atoms with Crippen LogP contribution < -0.4 is 5.01 Å². The first-order chi connectivity index (χ1) is 13.5. The zero-order chi connectivity index (χ0) is 20.5. The highest BCUT2D eigenvalue weighted by atomic mass is 32.1. The first-order valence-corrected chi connectivity index (χ1v) is 10.8. The molecule has 0 saturated carbocycles. The van der Waals surface area contributed by atoms with Crippen molar-refractivity contribution in [2.45, 2.75) is 78.6 Å². The van der Waals surface area contributed by atoms with Gasteiger partial charge in [0.1, 0.15) is 4.64 Å². The molecule has 0 radical (unpaired) electrons. The second-order valence-corrected chi connectivity index (χ2v) is 7.46. The van der Waals surface area contributed by atoms with Gasteiger partial charge in [-0.3, -0.25) is 9.59 Å². The molecule has 2 aromatic rings. The molecule has 0 atom stereocenters. The van der Waals surface area contributed by atoms with Crippen molar-refractivity contribution < 1.29 is 9.59 Å². The molecule has 6 heteroatoms. The lowest BCUT2D eigenvalue weighted by Crippen LogP contribution is -2.46. The summed E-state index contributed by atoms with van der Waals surface area (Å²) in [4.78, 5) is 30.6. The number of unbranched alkanes of at least 4 members (excludes halogenated alkanes) is 4. The van der Waals surface area contributed by atoms with Crippen molar-refractivity contribution in [3.05, 3.63) is 34.6 Å². The van der Waals surface area contributed by atoms with Crippen LogP contribution in [0.2, 0.25) is 0 Å². The van der Waals surface area contributed by atoms with Gasteiger partial charge >= 0.3 is 0 Å². The Hall–Kier alpha value is -2.08. The molecule has 0 aliphatic rings. The highest BCUT2D eigenvalue weighted by Gasteiger charge is 2.25. The summed E-state index contributed by atoms with van der Waals surface area (Å²) in [7, 11) is 0. The number of hydrogen-bond acceptors (Lipinski definition) is 4. The number of carbonyl (C=O) groups excluding carboxylic acids is 2. The molecule has 0 aromatic carbocycles. The summed E-state index contributed by atoms with van der Waals surface area (Å²) in [6.45, 7) is 6.21. The lowest BCUT2D eigenvalue weighted by molar-refractivity contribution is -0.129. The fourth-order valence-electron chi connectivity index (χ4n) is 3.25. The maximum absolute atomic E-state index is 13.1. The average Bonchev–Trinajstić information content (AvgIpc) is 2.70. The molecule has 0 N–H and O–H groups in total. The predicted molar refractivity (Wildman–Crippen MR) is 116 cm³/mol. The molecule has 0 unspecified atom stereocenters. The summed E-state index contributed by atoms with van der Waals surface area (Å²) in [6.07, 6.45) is 8.55. The summed E-state index contributed by atoms with van der Waals surface area (Å²) in [5.41, 5.74) is 1.49. The van der Waals surface area contributed by atoms with Gasteiger partial charge in [0.15, 0.2) is 5.65 Å². The van der Waals surface area contributed by atoms with Crippen LogP contribution in [-0.2, 0) is 16.0 Å². The summed E-state index contributed by atoms with van der Waals surface area (Å²) in [5, 5.41) is 2.14. The largest absolute Gasteiger partial charge is 0.273 e. The first kappa shape index (κ1) is 22.2. The third-order valence-corrected chi connectivity index (χ3v) is 5.29.